The van der Waals surface area contributed by atoms with E-state index in [0.29, 0.717) is 4.90 Å². The lowest BCUT2D eigenvalue weighted by Gasteiger charge is -2.19. The Balaban J connectivity index is 3.13. The molecule has 2 N–H and O–H groups in total. The fraction of sp³-hybridized carbons (Fsp3) is 0.455. The van der Waals surface area contributed by atoms with Crippen molar-refractivity contribution in [2.24, 2.45) is 11.7 Å². The van der Waals surface area contributed by atoms with Gasteiger partial charge >= 0.3 is 0 Å². The van der Waals surface area contributed by atoms with Crippen molar-refractivity contribution in [1.82, 2.24) is 0 Å². The molecule has 0 bridgehead atoms. The van der Waals surface area contributed by atoms with Gasteiger partial charge in [0.15, 0.2) is 9.84 Å². The normalized spacial score (nSPS) is 14.1. The highest BCUT2D eigenvalue weighted by Crippen LogP contribution is 2.20. The maximum atomic E-state index is 12.1. The zero-order chi connectivity index (χ0) is 11.5. The Morgan fingerprint density at radius 2 is 1.73 bits per heavy atom. The van der Waals surface area contributed by atoms with Crippen LogP contribution >= 0.6 is 0 Å². The van der Waals surface area contributed by atoms with E-state index in [1.165, 1.54) is 0 Å². The van der Waals surface area contributed by atoms with Crippen LogP contribution in [0.15, 0.2) is 35.2 Å². The van der Waals surface area contributed by atoms with E-state index in [2.05, 4.69) is 0 Å². The number of nitrogens with two attached hydrogens (primary N) is 1. The van der Waals surface area contributed by atoms with Crippen molar-refractivity contribution < 1.29 is 8.42 Å². The van der Waals surface area contributed by atoms with Gasteiger partial charge in [0, 0.05) is 6.54 Å². The molecule has 1 aromatic carbocycles. The largest absolute Gasteiger partial charge is 0.329 e. The van der Waals surface area contributed by atoms with Gasteiger partial charge in [-0.3, -0.25) is 0 Å². The van der Waals surface area contributed by atoms with Crippen molar-refractivity contribution in [2.75, 3.05) is 6.54 Å². The maximum Gasteiger partial charge on any atom is 0.182 e. The first-order chi connectivity index (χ1) is 7.00. The quantitative estimate of drug-likeness (QED) is 0.846. The van der Waals surface area contributed by atoms with Crippen LogP contribution in [0.2, 0.25) is 0 Å². The van der Waals surface area contributed by atoms with Gasteiger partial charge in [-0.25, -0.2) is 8.42 Å². The Morgan fingerprint density at radius 1 is 1.20 bits per heavy atom. The van der Waals surface area contributed by atoms with E-state index in [0.717, 1.165) is 0 Å². The predicted molar refractivity (Wildman–Crippen MR) is 61.3 cm³/mol. The van der Waals surface area contributed by atoms with Gasteiger partial charge in [-0.2, -0.15) is 0 Å². The highest BCUT2D eigenvalue weighted by Gasteiger charge is 2.28. The summed E-state index contributed by atoms with van der Waals surface area (Å²) in [4.78, 5) is 0.356. The number of benzene rings is 1. The lowest BCUT2D eigenvalue weighted by Crippen LogP contribution is -2.34. The molecule has 3 nitrogen and oxygen atoms in total. The predicted octanol–water partition coefficient (Wildman–Crippen LogP) is 1.44. The van der Waals surface area contributed by atoms with Crippen LogP contribution in [0.25, 0.3) is 0 Å². The van der Waals surface area contributed by atoms with Gasteiger partial charge in [0.1, 0.15) is 0 Å². The lowest BCUT2D eigenvalue weighted by atomic mass is 10.1. The van der Waals surface area contributed by atoms with Crippen LogP contribution in [0.1, 0.15) is 13.8 Å². The highest BCUT2D eigenvalue weighted by molar-refractivity contribution is 7.92. The molecule has 0 aromatic heterocycles. The summed E-state index contributed by atoms with van der Waals surface area (Å²) in [7, 11) is -3.28. The van der Waals surface area contributed by atoms with Gasteiger partial charge < -0.3 is 5.73 Å². The molecule has 0 aliphatic heterocycles. The summed E-state index contributed by atoms with van der Waals surface area (Å²) in [6.07, 6.45) is 0. The van der Waals surface area contributed by atoms with E-state index >= 15 is 0 Å². The average Bonchev–Trinajstić information content (AvgIpc) is 2.19. The second-order valence-electron chi connectivity index (χ2n) is 3.88. The zero-order valence-electron chi connectivity index (χ0n) is 9.05. The van der Waals surface area contributed by atoms with Gasteiger partial charge in [-0.1, -0.05) is 32.0 Å². The van der Waals surface area contributed by atoms with Crippen molar-refractivity contribution in [1.29, 1.82) is 0 Å². The van der Waals surface area contributed by atoms with Crippen LogP contribution in [0.4, 0.5) is 0 Å². The molecule has 0 amide bonds. The summed E-state index contributed by atoms with van der Waals surface area (Å²) < 4.78 is 24.2. The third-order valence-corrected chi connectivity index (χ3v) is 4.91. The second kappa shape index (κ2) is 4.77. The van der Waals surface area contributed by atoms with E-state index in [1.807, 2.05) is 13.8 Å². The van der Waals surface area contributed by atoms with Crippen molar-refractivity contribution in [2.45, 2.75) is 24.0 Å². The topological polar surface area (TPSA) is 60.2 Å². The first-order valence-corrected chi connectivity index (χ1v) is 6.53. The minimum Gasteiger partial charge on any atom is -0.329 e. The third-order valence-electron chi connectivity index (χ3n) is 2.45. The molecule has 0 aliphatic carbocycles. The summed E-state index contributed by atoms with van der Waals surface area (Å²) >= 11 is 0. The zero-order valence-corrected chi connectivity index (χ0v) is 9.87. The van der Waals surface area contributed by atoms with Crippen molar-refractivity contribution >= 4 is 9.84 Å². The molecule has 1 aromatic rings. The molecule has 0 fully saturated rings. The van der Waals surface area contributed by atoms with Crippen LogP contribution in [0.5, 0.6) is 0 Å². The van der Waals surface area contributed by atoms with E-state index in [1.54, 1.807) is 30.3 Å². The number of hydrogen-bond donors (Lipinski definition) is 1. The van der Waals surface area contributed by atoms with Gasteiger partial charge in [0.2, 0.25) is 0 Å². The van der Waals surface area contributed by atoms with E-state index in [9.17, 15) is 8.42 Å². The summed E-state index contributed by atoms with van der Waals surface area (Å²) in [6.45, 7) is 3.91. The molecular formula is C11H17NO2S. The Hall–Kier alpha value is -0.870. The highest BCUT2D eigenvalue weighted by atomic mass is 32.2. The molecule has 1 rings (SSSR count). The van der Waals surface area contributed by atoms with Crippen LogP contribution in [0, 0.1) is 5.92 Å². The fourth-order valence-corrected chi connectivity index (χ4v) is 3.40. The molecular weight excluding hydrogens is 210 g/mol. The van der Waals surface area contributed by atoms with E-state index in [4.69, 9.17) is 5.73 Å². The number of sulfone groups is 1. The third kappa shape index (κ3) is 2.58. The van der Waals surface area contributed by atoms with Crippen molar-refractivity contribution in [3.63, 3.8) is 0 Å². The molecule has 0 spiro atoms. The number of rotatable bonds is 4. The Bertz CT molecular complexity index is 398. The molecule has 84 valence electrons. The minimum atomic E-state index is -3.28. The fourth-order valence-electron chi connectivity index (χ4n) is 1.54. The molecule has 0 heterocycles. The van der Waals surface area contributed by atoms with Crippen molar-refractivity contribution in [3.05, 3.63) is 30.3 Å². The monoisotopic (exact) mass is 227 g/mol. The molecule has 1 unspecified atom stereocenters. The lowest BCUT2D eigenvalue weighted by molar-refractivity contribution is 0.533. The van der Waals surface area contributed by atoms with Crippen LogP contribution in [-0.2, 0) is 9.84 Å². The van der Waals surface area contributed by atoms with Crippen LogP contribution < -0.4 is 5.73 Å². The summed E-state index contributed by atoms with van der Waals surface area (Å²) in [5, 5.41) is -0.500. The molecule has 15 heavy (non-hydrogen) atoms. The van der Waals surface area contributed by atoms with Gasteiger partial charge in [-0.05, 0) is 18.1 Å². The molecule has 0 saturated heterocycles. The average molecular weight is 227 g/mol. The molecule has 4 heteroatoms. The smallest absolute Gasteiger partial charge is 0.182 e. The van der Waals surface area contributed by atoms with Crippen LogP contribution in [-0.4, -0.2) is 20.2 Å². The van der Waals surface area contributed by atoms with E-state index < -0.39 is 15.1 Å². The minimum absolute atomic E-state index is 0.0280. The summed E-state index contributed by atoms with van der Waals surface area (Å²) in [5.41, 5.74) is 5.52. The van der Waals surface area contributed by atoms with Gasteiger partial charge in [0.25, 0.3) is 0 Å². The molecule has 0 saturated carbocycles. The molecule has 1 atom stereocenters. The second-order valence-corrected chi connectivity index (χ2v) is 6.04. The van der Waals surface area contributed by atoms with E-state index in [-0.39, 0.29) is 12.5 Å². The standard InChI is InChI=1S/C11H17NO2S/c1-9(2)11(8-12)15(13,14)10-6-4-3-5-7-10/h3-7,9,11H,8,12H2,1-2H3. The summed E-state index contributed by atoms with van der Waals surface area (Å²) in [5.74, 6) is 0.0280. The van der Waals surface area contributed by atoms with Crippen molar-refractivity contribution in [3.8, 4) is 0 Å². The Labute approximate surface area is 91.2 Å². The Kier molecular flexibility index (Phi) is 3.88. The SMILES string of the molecule is CC(C)C(CN)S(=O)(=O)c1ccccc1. The molecule has 0 radical (unpaired) electrons. The van der Waals surface area contributed by atoms with Crippen LogP contribution in [0.3, 0.4) is 0 Å². The maximum absolute atomic E-state index is 12.1. The first-order valence-electron chi connectivity index (χ1n) is 4.99. The van der Waals surface area contributed by atoms with Gasteiger partial charge in [0.05, 0.1) is 10.1 Å². The first kappa shape index (κ1) is 12.2. The Morgan fingerprint density at radius 3 is 2.13 bits per heavy atom. The summed E-state index contributed by atoms with van der Waals surface area (Å²) in [6, 6.07) is 8.47. The molecule has 0 aliphatic rings. The number of hydrogen-bond acceptors (Lipinski definition) is 3. The van der Waals surface area contributed by atoms with Gasteiger partial charge in [-0.15, -0.1) is 0 Å².